The largest absolute Gasteiger partial charge is 0.304 e. The second-order valence-corrected chi connectivity index (χ2v) is 18.3. The average Bonchev–Trinajstić information content (AvgIpc) is 3.35. The maximum atomic E-state index is 4.89. The van der Waals surface area contributed by atoms with Gasteiger partial charge in [-0.3, -0.25) is 0 Å². The van der Waals surface area contributed by atoms with Crippen LogP contribution >= 0.6 is 0 Å². The summed E-state index contributed by atoms with van der Waals surface area (Å²) in [5.41, 5.74) is 13.7. The van der Waals surface area contributed by atoms with E-state index in [0.717, 1.165) is 22.5 Å². The first kappa shape index (κ1) is 39.3. The molecule has 1 aliphatic rings. The van der Waals surface area contributed by atoms with Crippen molar-refractivity contribution in [1.82, 2.24) is 9.97 Å². The van der Waals surface area contributed by atoms with E-state index in [1.54, 1.807) is 0 Å². The number of fused-ring (bicyclic) bond motifs is 5. The zero-order valence-electron chi connectivity index (χ0n) is 33.7. The molecule has 2 nitrogen and oxygen atoms in total. The molecule has 2 aromatic heterocycles. The Labute approximate surface area is 336 Å². The minimum absolute atomic E-state index is 0. The van der Waals surface area contributed by atoms with E-state index in [1.165, 1.54) is 60.5 Å². The van der Waals surface area contributed by atoms with E-state index < -0.39 is 0 Å². The first-order valence-corrected chi connectivity index (χ1v) is 18.9. The van der Waals surface area contributed by atoms with Gasteiger partial charge in [-0.2, -0.15) is 0 Å². The Bertz CT molecular complexity index is 2390. The number of rotatable bonds is 2. The fraction of sp³-hybridized carbons (Fsp3) is 0.294. The zero-order chi connectivity index (χ0) is 37.9. The Kier molecular flexibility index (Phi) is 10.4. The number of hydrogen-bond donors (Lipinski definition) is 0. The van der Waals surface area contributed by atoms with Crippen LogP contribution in [0.15, 0.2) is 116 Å². The fourth-order valence-electron chi connectivity index (χ4n) is 7.47. The SMILES string of the molecule is CC(C)(C)c1c[c-]c(-c2ccc(C(C)(C)C)cn2)cc1.CC(C)(C)c1ccc2cc3c(cc2c1)C(C)(C)c1c-3ccnc1-c1[c-]cc2ccccc2c1.[Ir]. The first-order valence-electron chi connectivity index (χ1n) is 18.9. The van der Waals surface area contributed by atoms with Gasteiger partial charge in [0.15, 0.2) is 0 Å². The standard InChI is InChI=1S/C32H28N.C19H24N.Ir/c1-31(2,3)25-13-12-22-18-27-26-14-15-33-30(23-11-10-20-8-6-7-9-21(20)16-23)29(26)32(4,5)28(27)19-24(22)17-25;1-18(2,3)15-9-7-14(8-10-15)17-12-11-16(13-20-17)19(4,5)6;/h6-10,12-19H,1-5H3;7,9-13H,1-6H3;/q2*-1;. The molecule has 0 spiro atoms. The summed E-state index contributed by atoms with van der Waals surface area (Å²) in [6.07, 6.45) is 3.93. The summed E-state index contributed by atoms with van der Waals surface area (Å²) in [6.45, 7) is 24.8. The van der Waals surface area contributed by atoms with Gasteiger partial charge in [0.25, 0.3) is 0 Å². The Morgan fingerprint density at radius 3 is 1.78 bits per heavy atom. The molecule has 0 atom stereocenters. The van der Waals surface area contributed by atoms with Crippen LogP contribution in [-0.4, -0.2) is 9.97 Å². The molecule has 1 radical (unpaired) electrons. The summed E-state index contributed by atoms with van der Waals surface area (Å²) < 4.78 is 0. The van der Waals surface area contributed by atoms with Gasteiger partial charge in [0.05, 0.1) is 0 Å². The molecule has 0 saturated heterocycles. The van der Waals surface area contributed by atoms with Crippen molar-refractivity contribution in [3.63, 3.8) is 0 Å². The molecule has 5 aromatic carbocycles. The summed E-state index contributed by atoms with van der Waals surface area (Å²) in [6, 6.07) is 44.1. The zero-order valence-corrected chi connectivity index (χ0v) is 36.1. The van der Waals surface area contributed by atoms with E-state index in [9.17, 15) is 0 Å². The molecule has 277 valence electrons. The third-order valence-corrected chi connectivity index (χ3v) is 10.9. The van der Waals surface area contributed by atoms with Crippen molar-refractivity contribution >= 4 is 21.5 Å². The van der Waals surface area contributed by atoms with Crippen molar-refractivity contribution in [2.24, 2.45) is 0 Å². The Morgan fingerprint density at radius 1 is 0.519 bits per heavy atom. The second-order valence-electron chi connectivity index (χ2n) is 18.3. The van der Waals surface area contributed by atoms with Crippen LogP contribution in [0.2, 0.25) is 0 Å². The third kappa shape index (κ3) is 7.59. The summed E-state index contributed by atoms with van der Waals surface area (Å²) in [4.78, 5) is 9.47. The van der Waals surface area contributed by atoms with Gasteiger partial charge < -0.3 is 9.97 Å². The van der Waals surface area contributed by atoms with Crippen LogP contribution in [0.3, 0.4) is 0 Å². The molecule has 0 bridgehead atoms. The molecule has 7 aromatic rings. The minimum atomic E-state index is -0.139. The van der Waals surface area contributed by atoms with Gasteiger partial charge in [0.1, 0.15) is 0 Å². The van der Waals surface area contributed by atoms with E-state index >= 15 is 0 Å². The van der Waals surface area contributed by atoms with Crippen LogP contribution in [0, 0.1) is 12.1 Å². The molecule has 54 heavy (non-hydrogen) atoms. The van der Waals surface area contributed by atoms with Gasteiger partial charge in [-0.1, -0.05) is 136 Å². The predicted octanol–water partition coefficient (Wildman–Crippen LogP) is 13.6. The second kappa shape index (κ2) is 14.3. The van der Waals surface area contributed by atoms with Crippen LogP contribution in [0.4, 0.5) is 0 Å². The van der Waals surface area contributed by atoms with E-state index in [1.807, 2.05) is 12.4 Å². The number of benzene rings is 5. The molecule has 1 aliphatic carbocycles. The molecule has 0 N–H and O–H groups in total. The molecule has 2 heterocycles. The first-order chi connectivity index (χ1) is 24.9. The topological polar surface area (TPSA) is 25.8 Å². The van der Waals surface area contributed by atoms with Gasteiger partial charge in [0.2, 0.25) is 0 Å². The molecule has 8 rings (SSSR count). The molecular formula is C51H52IrN2-2. The average molecular weight is 885 g/mol. The number of hydrogen-bond acceptors (Lipinski definition) is 2. The van der Waals surface area contributed by atoms with Crippen molar-refractivity contribution in [2.75, 3.05) is 0 Å². The summed E-state index contributed by atoms with van der Waals surface area (Å²) in [5, 5.41) is 5.03. The maximum Gasteiger partial charge on any atom is 0.0198 e. The van der Waals surface area contributed by atoms with Crippen molar-refractivity contribution in [1.29, 1.82) is 0 Å². The van der Waals surface area contributed by atoms with E-state index in [0.29, 0.717) is 0 Å². The van der Waals surface area contributed by atoms with Crippen molar-refractivity contribution in [3.05, 3.63) is 155 Å². The van der Waals surface area contributed by atoms with Crippen LogP contribution in [0.1, 0.15) is 104 Å². The summed E-state index contributed by atoms with van der Waals surface area (Å²) in [7, 11) is 0. The number of pyridine rings is 2. The maximum absolute atomic E-state index is 4.89. The van der Waals surface area contributed by atoms with E-state index in [2.05, 4.69) is 196 Å². The molecule has 0 amide bonds. The Balaban J connectivity index is 0.000000205. The Morgan fingerprint density at radius 2 is 1.15 bits per heavy atom. The minimum Gasteiger partial charge on any atom is -0.304 e. The van der Waals surface area contributed by atoms with Crippen molar-refractivity contribution in [2.45, 2.75) is 97.8 Å². The number of aromatic nitrogens is 2. The smallest absolute Gasteiger partial charge is 0.0198 e. The number of nitrogens with zero attached hydrogens (tertiary/aromatic N) is 2. The third-order valence-electron chi connectivity index (χ3n) is 10.9. The van der Waals surface area contributed by atoms with Gasteiger partial charge in [-0.15, -0.1) is 64.5 Å². The monoisotopic (exact) mass is 885 g/mol. The van der Waals surface area contributed by atoms with Gasteiger partial charge >= 0.3 is 0 Å². The molecule has 0 aliphatic heterocycles. The fourth-order valence-corrected chi connectivity index (χ4v) is 7.47. The van der Waals surface area contributed by atoms with Gasteiger partial charge in [-0.05, 0) is 90.0 Å². The summed E-state index contributed by atoms with van der Waals surface area (Å²) in [5.74, 6) is 0. The van der Waals surface area contributed by atoms with Crippen molar-refractivity contribution < 1.29 is 20.1 Å². The van der Waals surface area contributed by atoms with Crippen molar-refractivity contribution in [3.8, 4) is 33.6 Å². The molecule has 0 unspecified atom stereocenters. The summed E-state index contributed by atoms with van der Waals surface area (Å²) >= 11 is 0. The molecule has 0 saturated carbocycles. The molecule has 3 heteroatoms. The van der Waals surface area contributed by atoms with Crippen LogP contribution < -0.4 is 0 Å². The predicted molar refractivity (Wildman–Crippen MR) is 226 cm³/mol. The van der Waals surface area contributed by atoms with Gasteiger partial charge in [0, 0.05) is 37.9 Å². The Hall–Kier alpha value is -4.43. The molecular weight excluding hydrogens is 833 g/mol. The normalized spacial score (nSPS) is 13.5. The quantitative estimate of drug-likeness (QED) is 0.162. The van der Waals surface area contributed by atoms with E-state index in [-0.39, 0.29) is 41.8 Å². The van der Waals surface area contributed by atoms with Gasteiger partial charge in [-0.25, -0.2) is 0 Å². The van der Waals surface area contributed by atoms with E-state index in [4.69, 9.17) is 4.98 Å². The van der Waals surface area contributed by atoms with Crippen LogP contribution in [-0.2, 0) is 41.8 Å². The van der Waals surface area contributed by atoms with Crippen LogP contribution in [0.5, 0.6) is 0 Å². The van der Waals surface area contributed by atoms with Crippen LogP contribution in [0.25, 0.3) is 55.2 Å². The molecule has 0 fully saturated rings.